The number of aryl methyl sites for hydroxylation is 1. The molecule has 1 aromatic heterocycles. The lowest BCUT2D eigenvalue weighted by molar-refractivity contribution is -0.0721. The van der Waals surface area contributed by atoms with Gasteiger partial charge < -0.3 is 19.7 Å². The number of hydrogen-bond donors (Lipinski definition) is 1. The number of guanidine groups is 1. The quantitative estimate of drug-likeness (QED) is 0.307. The second kappa shape index (κ2) is 13.3. The molecule has 0 aliphatic carbocycles. The highest BCUT2D eigenvalue weighted by Gasteiger charge is 2.24. The molecule has 8 heteroatoms. The molecular weight excluding hydrogens is 529 g/mol. The second-order valence-corrected chi connectivity index (χ2v) is 8.71. The van der Waals surface area contributed by atoms with Crippen LogP contribution in [0.4, 0.5) is 0 Å². The summed E-state index contributed by atoms with van der Waals surface area (Å²) in [5.41, 5.74) is 3.26. The van der Waals surface area contributed by atoms with E-state index in [1.165, 1.54) is 12.8 Å². The number of nitrogens with one attached hydrogen (secondary N) is 1. The van der Waals surface area contributed by atoms with Crippen LogP contribution in [-0.4, -0.2) is 65.7 Å². The van der Waals surface area contributed by atoms with Gasteiger partial charge in [-0.25, -0.2) is 9.67 Å². The highest BCUT2D eigenvalue weighted by Crippen LogP contribution is 2.19. The molecule has 2 aliphatic heterocycles. The molecule has 7 nitrogen and oxygen atoms in total. The lowest BCUT2D eigenvalue weighted by Crippen LogP contribution is -2.47. The van der Waals surface area contributed by atoms with Crippen molar-refractivity contribution in [1.29, 1.82) is 0 Å². The lowest BCUT2D eigenvalue weighted by atomic mass is 10.1. The van der Waals surface area contributed by atoms with Crippen LogP contribution in [0.25, 0.3) is 5.69 Å². The summed E-state index contributed by atoms with van der Waals surface area (Å²) in [5.74, 6) is 0.980. The minimum absolute atomic E-state index is 0. The molecule has 3 heterocycles. The van der Waals surface area contributed by atoms with E-state index in [1.54, 1.807) is 0 Å². The first-order chi connectivity index (χ1) is 15.7. The first-order valence-electron chi connectivity index (χ1n) is 12.1. The molecule has 33 heavy (non-hydrogen) atoms. The maximum atomic E-state index is 6.18. The molecule has 4 rings (SSSR count). The topological polar surface area (TPSA) is 63.9 Å². The second-order valence-electron chi connectivity index (χ2n) is 8.71. The number of rotatable bonds is 7. The maximum absolute atomic E-state index is 6.18. The Kier molecular flexibility index (Phi) is 10.5. The summed E-state index contributed by atoms with van der Waals surface area (Å²) in [5, 5.41) is 8.05. The van der Waals surface area contributed by atoms with E-state index in [-0.39, 0.29) is 24.0 Å². The average molecular weight is 568 g/mol. The highest BCUT2D eigenvalue weighted by atomic mass is 127. The number of ether oxygens (including phenoxy) is 2. The standard InChI is InChI=1S/C25H37N5O2.HI/c1-3-26-25(27-18-21-8-4-5-10-24(21)30-16-11-20(2)28-30)29-14-12-22(13-15-29)32-19-23-9-6-7-17-31-23;/h4-5,8,10-11,16,22-23H,3,6-7,9,12-15,17-19H2,1-2H3,(H,26,27);1H. The summed E-state index contributed by atoms with van der Waals surface area (Å²) in [7, 11) is 0. The molecule has 1 atom stereocenters. The van der Waals surface area contributed by atoms with Crippen molar-refractivity contribution >= 4 is 29.9 Å². The van der Waals surface area contributed by atoms with Gasteiger partial charge in [-0.2, -0.15) is 5.10 Å². The Balaban J connectivity index is 0.00000306. The Hall–Kier alpha value is -1.65. The number of halogens is 1. The molecule has 0 saturated carbocycles. The fraction of sp³-hybridized carbons (Fsp3) is 0.600. The third-order valence-electron chi connectivity index (χ3n) is 6.23. The number of nitrogens with zero attached hydrogens (tertiary/aromatic N) is 4. The zero-order valence-electron chi connectivity index (χ0n) is 19.9. The van der Waals surface area contributed by atoms with Gasteiger partial charge in [-0.3, -0.25) is 0 Å². The molecule has 2 aliphatic rings. The number of benzene rings is 1. The summed E-state index contributed by atoms with van der Waals surface area (Å²) < 4.78 is 13.9. The SMILES string of the molecule is CCNC(=NCc1ccccc1-n1ccc(C)n1)N1CCC(OCC2CCCCO2)CC1.I. The van der Waals surface area contributed by atoms with Crippen molar-refractivity contribution < 1.29 is 9.47 Å². The molecule has 2 saturated heterocycles. The average Bonchev–Trinajstić information content (AvgIpc) is 3.28. The minimum atomic E-state index is 0. The molecule has 0 radical (unpaired) electrons. The molecule has 2 aromatic rings. The van der Waals surface area contributed by atoms with E-state index in [0.717, 1.165) is 75.0 Å². The van der Waals surface area contributed by atoms with Crippen molar-refractivity contribution in [1.82, 2.24) is 20.0 Å². The van der Waals surface area contributed by atoms with Crippen molar-refractivity contribution in [3.8, 4) is 5.69 Å². The van der Waals surface area contributed by atoms with E-state index in [4.69, 9.17) is 14.5 Å². The van der Waals surface area contributed by atoms with Crippen molar-refractivity contribution in [2.75, 3.05) is 32.8 Å². The smallest absolute Gasteiger partial charge is 0.194 e. The van der Waals surface area contributed by atoms with Crippen LogP contribution in [-0.2, 0) is 16.0 Å². The van der Waals surface area contributed by atoms with Crippen LogP contribution in [0, 0.1) is 6.92 Å². The Bertz CT molecular complexity index is 873. The van der Waals surface area contributed by atoms with Gasteiger partial charge in [0, 0.05) is 32.4 Å². The Labute approximate surface area is 214 Å². The van der Waals surface area contributed by atoms with Crippen molar-refractivity contribution in [2.24, 2.45) is 4.99 Å². The van der Waals surface area contributed by atoms with Crippen LogP contribution >= 0.6 is 24.0 Å². The van der Waals surface area contributed by atoms with Gasteiger partial charge in [0.25, 0.3) is 0 Å². The van der Waals surface area contributed by atoms with Crippen molar-refractivity contribution in [3.05, 3.63) is 47.8 Å². The van der Waals surface area contributed by atoms with Crippen molar-refractivity contribution in [3.63, 3.8) is 0 Å². The number of piperidine rings is 1. The van der Waals surface area contributed by atoms with Crippen LogP contribution in [0.2, 0.25) is 0 Å². The van der Waals surface area contributed by atoms with Crippen LogP contribution in [0.1, 0.15) is 50.3 Å². The Morgan fingerprint density at radius 2 is 2.00 bits per heavy atom. The zero-order valence-corrected chi connectivity index (χ0v) is 22.2. The molecule has 0 bridgehead atoms. The summed E-state index contributed by atoms with van der Waals surface area (Å²) in [4.78, 5) is 7.34. The zero-order chi connectivity index (χ0) is 22.2. The van der Waals surface area contributed by atoms with Crippen molar-refractivity contribution in [2.45, 2.75) is 64.7 Å². The van der Waals surface area contributed by atoms with Gasteiger partial charge in [-0.1, -0.05) is 18.2 Å². The van der Waals surface area contributed by atoms with Gasteiger partial charge in [0.1, 0.15) is 0 Å². The van der Waals surface area contributed by atoms with Gasteiger partial charge in [-0.15, -0.1) is 24.0 Å². The number of aliphatic imine (C=N–C) groups is 1. The molecule has 1 aromatic carbocycles. The summed E-state index contributed by atoms with van der Waals surface area (Å²) >= 11 is 0. The molecule has 0 spiro atoms. The first kappa shape index (κ1) is 26.0. The number of para-hydroxylation sites is 1. The summed E-state index contributed by atoms with van der Waals surface area (Å²) in [6.45, 7) is 9.15. The largest absolute Gasteiger partial charge is 0.376 e. The van der Waals surface area contributed by atoms with Crippen LogP contribution in [0.15, 0.2) is 41.5 Å². The first-order valence-corrected chi connectivity index (χ1v) is 12.1. The predicted octanol–water partition coefficient (Wildman–Crippen LogP) is 4.31. The normalized spacial score (nSPS) is 19.9. The molecule has 2 fully saturated rings. The van der Waals surface area contributed by atoms with E-state index >= 15 is 0 Å². The molecule has 0 amide bonds. The fourth-order valence-electron chi connectivity index (χ4n) is 4.42. The molecule has 1 unspecified atom stereocenters. The van der Waals surface area contributed by atoms with Gasteiger partial charge in [0.05, 0.1) is 36.7 Å². The fourth-order valence-corrected chi connectivity index (χ4v) is 4.42. The summed E-state index contributed by atoms with van der Waals surface area (Å²) in [6, 6.07) is 10.4. The van der Waals surface area contributed by atoms with Gasteiger partial charge in [0.15, 0.2) is 5.96 Å². The van der Waals surface area contributed by atoms with E-state index in [9.17, 15) is 0 Å². The van der Waals surface area contributed by atoms with E-state index in [0.29, 0.717) is 18.8 Å². The van der Waals surface area contributed by atoms with E-state index < -0.39 is 0 Å². The molecule has 182 valence electrons. The van der Waals surface area contributed by atoms with E-state index in [1.807, 2.05) is 29.9 Å². The third kappa shape index (κ3) is 7.42. The lowest BCUT2D eigenvalue weighted by Gasteiger charge is -2.35. The van der Waals surface area contributed by atoms with Crippen LogP contribution in [0.5, 0.6) is 0 Å². The predicted molar refractivity (Wildman–Crippen MR) is 143 cm³/mol. The van der Waals surface area contributed by atoms with Crippen LogP contribution < -0.4 is 5.32 Å². The highest BCUT2D eigenvalue weighted by molar-refractivity contribution is 14.0. The van der Waals surface area contributed by atoms with Crippen LogP contribution in [0.3, 0.4) is 0 Å². The number of hydrogen-bond acceptors (Lipinski definition) is 4. The third-order valence-corrected chi connectivity index (χ3v) is 6.23. The van der Waals surface area contributed by atoms with Gasteiger partial charge >= 0.3 is 0 Å². The summed E-state index contributed by atoms with van der Waals surface area (Å²) in [6.07, 6.45) is 8.26. The number of likely N-dealkylation sites (tertiary alicyclic amines) is 1. The molecule has 1 N–H and O–H groups in total. The Morgan fingerprint density at radius 1 is 1.18 bits per heavy atom. The maximum Gasteiger partial charge on any atom is 0.194 e. The molecular formula is C25H38IN5O2. The van der Waals surface area contributed by atoms with Gasteiger partial charge in [-0.05, 0) is 63.6 Å². The monoisotopic (exact) mass is 567 g/mol. The Morgan fingerprint density at radius 3 is 2.70 bits per heavy atom. The number of aromatic nitrogens is 2. The van der Waals surface area contributed by atoms with Gasteiger partial charge in [0.2, 0.25) is 0 Å². The van der Waals surface area contributed by atoms with E-state index in [2.05, 4.69) is 40.4 Å². The minimum Gasteiger partial charge on any atom is -0.376 e.